The molecule has 0 amide bonds. The van der Waals surface area contributed by atoms with Gasteiger partial charge in [0.2, 0.25) is 0 Å². The van der Waals surface area contributed by atoms with E-state index in [9.17, 15) is 0 Å². The van der Waals surface area contributed by atoms with Gasteiger partial charge in [-0.3, -0.25) is 0 Å². The molecule has 0 bridgehead atoms. The Morgan fingerprint density at radius 1 is 1.00 bits per heavy atom. The lowest BCUT2D eigenvalue weighted by atomic mass is 10.1. The van der Waals surface area contributed by atoms with Crippen LogP contribution >= 0.6 is 0 Å². The topological polar surface area (TPSA) is 62.9 Å². The first-order chi connectivity index (χ1) is 8.17. The Labute approximate surface area is 101 Å². The molecule has 0 radical (unpaired) electrons. The Hall–Kier alpha value is -1.46. The highest BCUT2D eigenvalue weighted by Gasteiger charge is 2.19. The van der Waals surface area contributed by atoms with E-state index in [1.807, 2.05) is 0 Å². The van der Waals surface area contributed by atoms with Crippen molar-refractivity contribution in [3.63, 3.8) is 0 Å². The second-order valence-corrected chi connectivity index (χ2v) is 3.51. The number of hydrogen-bond acceptors (Lipinski definition) is 5. The van der Waals surface area contributed by atoms with Crippen LogP contribution in [0.25, 0.3) is 0 Å². The van der Waals surface area contributed by atoms with E-state index in [4.69, 9.17) is 24.7 Å². The second kappa shape index (κ2) is 6.32. The summed E-state index contributed by atoms with van der Waals surface area (Å²) in [6, 6.07) is 3.23. The van der Waals surface area contributed by atoms with Crippen LogP contribution < -0.4 is 19.9 Å². The van der Waals surface area contributed by atoms with E-state index in [0.717, 1.165) is 5.56 Å². The molecule has 0 aliphatic heterocycles. The van der Waals surface area contributed by atoms with Crippen molar-refractivity contribution in [1.82, 2.24) is 0 Å². The number of hydrogen-bond donors (Lipinski definition) is 1. The quantitative estimate of drug-likeness (QED) is 0.814. The van der Waals surface area contributed by atoms with Crippen LogP contribution in [0.4, 0.5) is 0 Å². The van der Waals surface area contributed by atoms with Crippen molar-refractivity contribution in [3.05, 3.63) is 17.7 Å². The van der Waals surface area contributed by atoms with Gasteiger partial charge in [0, 0.05) is 19.2 Å². The molecule has 0 saturated carbocycles. The molecule has 0 aliphatic carbocycles. The Bertz CT molecular complexity index is 343. The molecule has 0 fully saturated rings. The fraction of sp³-hybridized carbons (Fsp3) is 0.500. The minimum absolute atomic E-state index is 0.309. The average molecular weight is 241 g/mol. The molecular weight excluding hydrogens is 222 g/mol. The summed E-state index contributed by atoms with van der Waals surface area (Å²) in [5.74, 6) is 1.92. The van der Waals surface area contributed by atoms with Gasteiger partial charge in [-0.1, -0.05) is 0 Å². The summed E-state index contributed by atoms with van der Waals surface area (Å²) in [5.41, 5.74) is 6.80. The molecule has 5 heteroatoms. The number of rotatable bonds is 6. The molecule has 1 aromatic carbocycles. The molecule has 2 N–H and O–H groups in total. The van der Waals surface area contributed by atoms with Crippen molar-refractivity contribution < 1.29 is 18.9 Å². The van der Waals surface area contributed by atoms with Crippen LogP contribution in [-0.2, 0) is 4.74 Å². The Kier molecular flexibility index (Phi) is 5.06. The van der Waals surface area contributed by atoms with Crippen LogP contribution in [0.5, 0.6) is 17.2 Å². The first kappa shape index (κ1) is 13.6. The van der Waals surface area contributed by atoms with Gasteiger partial charge in [0.1, 0.15) is 17.2 Å². The monoisotopic (exact) mass is 241 g/mol. The van der Waals surface area contributed by atoms with Gasteiger partial charge in [-0.25, -0.2) is 0 Å². The minimum Gasteiger partial charge on any atom is -0.496 e. The maximum atomic E-state index is 6.02. The zero-order valence-corrected chi connectivity index (χ0v) is 10.6. The summed E-state index contributed by atoms with van der Waals surface area (Å²) >= 11 is 0. The smallest absolute Gasteiger partial charge is 0.131 e. The summed E-state index contributed by atoms with van der Waals surface area (Å²) < 4.78 is 20.8. The largest absolute Gasteiger partial charge is 0.496 e. The first-order valence-electron chi connectivity index (χ1n) is 5.22. The molecule has 17 heavy (non-hydrogen) atoms. The molecular formula is C12H19NO4. The summed E-state index contributed by atoms with van der Waals surface area (Å²) in [6.45, 7) is 0.388. The van der Waals surface area contributed by atoms with Crippen LogP contribution in [0.2, 0.25) is 0 Å². The van der Waals surface area contributed by atoms with Crippen LogP contribution in [0.15, 0.2) is 12.1 Å². The van der Waals surface area contributed by atoms with Gasteiger partial charge in [-0.05, 0) is 0 Å². The SMILES string of the molecule is COCC(N)c1c(OC)cc(OC)cc1OC. The van der Waals surface area contributed by atoms with Gasteiger partial charge in [-0.15, -0.1) is 0 Å². The lowest BCUT2D eigenvalue weighted by molar-refractivity contribution is 0.178. The number of methoxy groups -OCH3 is 4. The fourth-order valence-electron chi connectivity index (χ4n) is 1.66. The van der Waals surface area contributed by atoms with Gasteiger partial charge in [0.15, 0.2) is 0 Å². The zero-order valence-electron chi connectivity index (χ0n) is 10.6. The van der Waals surface area contributed by atoms with E-state index >= 15 is 0 Å². The zero-order chi connectivity index (χ0) is 12.8. The Morgan fingerprint density at radius 3 is 1.88 bits per heavy atom. The maximum Gasteiger partial charge on any atom is 0.131 e. The van der Waals surface area contributed by atoms with Gasteiger partial charge in [0.25, 0.3) is 0 Å². The second-order valence-electron chi connectivity index (χ2n) is 3.51. The summed E-state index contributed by atoms with van der Waals surface area (Å²) in [5, 5.41) is 0. The van der Waals surface area contributed by atoms with Crippen molar-refractivity contribution in [2.45, 2.75) is 6.04 Å². The minimum atomic E-state index is -0.309. The third-order valence-corrected chi connectivity index (χ3v) is 2.47. The molecule has 5 nitrogen and oxygen atoms in total. The van der Waals surface area contributed by atoms with E-state index in [2.05, 4.69) is 0 Å². The molecule has 0 aromatic heterocycles. The van der Waals surface area contributed by atoms with Crippen molar-refractivity contribution in [1.29, 1.82) is 0 Å². The van der Waals surface area contributed by atoms with Gasteiger partial charge >= 0.3 is 0 Å². The summed E-state index contributed by atoms with van der Waals surface area (Å²) in [4.78, 5) is 0. The van der Waals surface area contributed by atoms with Crippen molar-refractivity contribution in [3.8, 4) is 17.2 Å². The maximum absolute atomic E-state index is 6.02. The molecule has 0 aliphatic rings. The van der Waals surface area contributed by atoms with Crippen LogP contribution in [-0.4, -0.2) is 35.0 Å². The molecule has 0 heterocycles. The van der Waals surface area contributed by atoms with Gasteiger partial charge in [-0.2, -0.15) is 0 Å². The van der Waals surface area contributed by atoms with E-state index < -0.39 is 0 Å². The first-order valence-corrected chi connectivity index (χ1v) is 5.22. The Balaban J connectivity index is 3.23. The van der Waals surface area contributed by atoms with Gasteiger partial charge < -0.3 is 24.7 Å². The molecule has 1 rings (SSSR count). The number of benzene rings is 1. The predicted molar refractivity (Wildman–Crippen MR) is 64.9 cm³/mol. The highest BCUT2D eigenvalue weighted by molar-refractivity contribution is 5.52. The standard InChI is InChI=1S/C12H19NO4/c1-14-7-9(13)12-10(16-3)5-8(15-2)6-11(12)17-4/h5-6,9H,7,13H2,1-4H3. The van der Waals surface area contributed by atoms with E-state index in [1.54, 1.807) is 40.6 Å². The lowest BCUT2D eigenvalue weighted by Crippen LogP contribution is -2.18. The third kappa shape index (κ3) is 3.01. The molecule has 1 atom stereocenters. The molecule has 96 valence electrons. The summed E-state index contributed by atoms with van der Waals surface area (Å²) in [6.07, 6.45) is 0. The number of nitrogens with two attached hydrogens (primary N) is 1. The lowest BCUT2D eigenvalue weighted by Gasteiger charge is -2.19. The van der Waals surface area contributed by atoms with Crippen molar-refractivity contribution in [2.75, 3.05) is 35.0 Å². The van der Waals surface area contributed by atoms with Crippen LogP contribution in [0.3, 0.4) is 0 Å². The van der Waals surface area contributed by atoms with Gasteiger partial charge in [0.05, 0.1) is 39.5 Å². The van der Waals surface area contributed by atoms with Crippen molar-refractivity contribution in [2.24, 2.45) is 5.73 Å². The fourth-order valence-corrected chi connectivity index (χ4v) is 1.66. The summed E-state index contributed by atoms with van der Waals surface area (Å²) in [7, 11) is 6.35. The highest BCUT2D eigenvalue weighted by Crippen LogP contribution is 2.37. The number of ether oxygens (including phenoxy) is 4. The Morgan fingerprint density at radius 2 is 1.53 bits per heavy atom. The van der Waals surface area contributed by atoms with E-state index in [1.165, 1.54) is 0 Å². The molecule has 1 aromatic rings. The van der Waals surface area contributed by atoms with Crippen LogP contribution in [0, 0.1) is 0 Å². The molecule has 1 unspecified atom stereocenters. The predicted octanol–water partition coefficient (Wildman–Crippen LogP) is 1.36. The molecule has 0 spiro atoms. The molecule has 0 saturated heterocycles. The highest BCUT2D eigenvalue weighted by atomic mass is 16.5. The van der Waals surface area contributed by atoms with E-state index in [0.29, 0.717) is 23.9 Å². The van der Waals surface area contributed by atoms with E-state index in [-0.39, 0.29) is 6.04 Å². The normalized spacial score (nSPS) is 12.1. The third-order valence-electron chi connectivity index (χ3n) is 2.47. The van der Waals surface area contributed by atoms with Crippen molar-refractivity contribution >= 4 is 0 Å². The van der Waals surface area contributed by atoms with Crippen LogP contribution in [0.1, 0.15) is 11.6 Å². The average Bonchev–Trinajstić information content (AvgIpc) is 2.37.